The van der Waals surface area contributed by atoms with Crippen molar-refractivity contribution >= 4 is 29.3 Å². The second-order valence-corrected chi connectivity index (χ2v) is 4.27. The Morgan fingerprint density at radius 3 is 2.70 bits per heavy atom. The highest BCUT2D eigenvalue weighted by atomic mass is 35.5. The van der Waals surface area contributed by atoms with Gasteiger partial charge in [0.15, 0.2) is 0 Å². The average Bonchev–Trinajstić information content (AvgIpc) is 2.84. The molecule has 0 atom stereocenters. The molecule has 0 aliphatic carbocycles. The van der Waals surface area contributed by atoms with Crippen molar-refractivity contribution in [2.75, 3.05) is 0 Å². The third-order valence-corrected chi connectivity index (χ3v) is 2.78. The number of non-ortho nitro benzene ring substituents is 1. The van der Waals surface area contributed by atoms with E-state index in [2.05, 4.69) is 0 Å². The van der Waals surface area contributed by atoms with Crippen molar-refractivity contribution in [3.05, 3.63) is 57.3 Å². The van der Waals surface area contributed by atoms with Gasteiger partial charge >= 0.3 is 0 Å². The van der Waals surface area contributed by atoms with Crippen LogP contribution >= 0.6 is 11.6 Å². The van der Waals surface area contributed by atoms with Crippen LogP contribution in [0.3, 0.4) is 0 Å². The minimum Gasteiger partial charge on any atom is -0.457 e. The Kier molecular flexibility index (Phi) is 3.86. The molecule has 0 aliphatic heterocycles. The molecular weight excluding hydrogens is 284 g/mol. The van der Waals surface area contributed by atoms with E-state index in [-0.39, 0.29) is 10.7 Å². The van der Waals surface area contributed by atoms with Crippen molar-refractivity contribution in [3.8, 4) is 11.3 Å². The molecule has 2 rings (SSSR count). The zero-order valence-electron chi connectivity index (χ0n) is 10.1. The number of hydrogen-bond acceptors (Lipinski definition) is 4. The fraction of sp³-hybridized carbons (Fsp3) is 0. The highest BCUT2D eigenvalue weighted by molar-refractivity contribution is 6.33. The zero-order valence-corrected chi connectivity index (χ0v) is 10.8. The van der Waals surface area contributed by atoms with Crippen LogP contribution in [0.2, 0.25) is 5.02 Å². The van der Waals surface area contributed by atoms with Crippen molar-refractivity contribution in [2.24, 2.45) is 5.73 Å². The maximum absolute atomic E-state index is 10.6. The summed E-state index contributed by atoms with van der Waals surface area (Å²) in [6.07, 6.45) is 2.59. The number of nitro groups is 1. The summed E-state index contributed by atoms with van der Waals surface area (Å²) in [5.41, 5.74) is 5.40. The van der Waals surface area contributed by atoms with E-state index in [1.807, 2.05) is 0 Å². The fourth-order valence-corrected chi connectivity index (χ4v) is 1.84. The van der Waals surface area contributed by atoms with Crippen LogP contribution in [0, 0.1) is 10.1 Å². The van der Waals surface area contributed by atoms with Gasteiger partial charge in [-0.2, -0.15) is 0 Å². The van der Waals surface area contributed by atoms with Crippen molar-refractivity contribution in [3.63, 3.8) is 0 Å². The summed E-state index contributed by atoms with van der Waals surface area (Å²) in [7, 11) is 0. The first-order chi connectivity index (χ1) is 9.47. The quantitative estimate of drug-likeness (QED) is 0.532. The Hall–Kier alpha value is -2.60. The molecule has 7 heteroatoms. The molecule has 0 aliphatic rings. The van der Waals surface area contributed by atoms with Crippen molar-refractivity contribution < 1.29 is 14.1 Å². The SMILES string of the molecule is NC(=O)/C=C\c1ccc(-c2ccc([N+](=O)[O-])cc2Cl)o1. The van der Waals surface area contributed by atoms with E-state index in [0.29, 0.717) is 17.1 Å². The lowest BCUT2D eigenvalue weighted by molar-refractivity contribution is -0.384. The number of benzene rings is 1. The van der Waals surface area contributed by atoms with Gasteiger partial charge in [-0.15, -0.1) is 0 Å². The van der Waals surface area contributed by atoms with Gasteiger partial charge in [0.05, 0.1) is 9.95 Å². The lowest BCUT2D eigenvalue weighted by atomic mass is 10.1. The molecule has 0 saturated carbocycles. The number of carbonyl (C=O) groups excluding carboxylic acids is 1. The number of nitrogens with two attached hydrogens (primary N) is 1. The molecule has 102 valence electrons. The van der Waals surface area contributed by atoms with Gasteiger partial charge < -0.3 is 10.2 Å². The van der Waals surface area contributed by atoms with E-state index in [4.69, 9.17) is 21.8 Å². The summed E-state index contributed by atoms with van der Waals surface area (Å²) in [4.78, 5) is 20.7. The van der Waals surface area contributed by atoms with Crippen molar-refractivity contribution in [1.29, 1.82) is 0 Å². The number of nitrogens with zero attached hydrogens (tertiary/aromatic N) is 1. The van der Waals surface area contributed by atoms with Crippen LogP contribution in [0.1, 0.15) is 5.76 Å². The van der Waals surface area contributed by atoms with Gasteiger partial charge in [-0.25, -0.2) is 0 Å². The third kappa shape index (κ3) is 3.04. The number of primary amides is 1. The Morgan fingerprint density at radius 2 is 2.10 bits per heavy atom. The summed E-state index contributed by atoms with van der Waals surface area (Å²) in [5, 5.41) is 10.8. The number of halogens is 1. The van der Waals surface area contributed by atoms with Crippen LogP contribution < -0.4 is 5.73 Å². The highest BCUT2D eigenvalue weighted by Crippen LogP contribution is 2.32. The maximum Gasteiger partial charge on any atom is 0.270 e. The van der Waals surface area contributed by atoms with Crippen LogP contribution in [-0.4, -0.2) is 10.8 Å². The molecule has 0 spiro atoms. The van der Waals surface area contributed by atoms with E-state index in [0.717, 1.165) is 0 Å². The van der Waals surface area contributed by atoms with Gasteiger partial charge in [0.25, 0.3) is 5.69 Å². The second kappa shape index (κ2) is 5.58. The van der Waals surface area contributed by atoms with Crippen LogP contribution in [-0.2, 0) is 4.79 Å². The highest BCUT2D eigenvalue weighted by Gasteiger charge is 2.13. The molecule has 6 nitrogen and oxygen atoms in total. The van der Waals surface area contributed by atoms with Gasteiger partial charge in [-0.1, -0.05) is 11.6 Å². The normalized spacial score (nSPS) is 10.8. The molecule has 0 radical (unpaired) electrons. The van der Waals surface area contributed by atoms with E-state index in [1.165, 1.54) is 30.4 Å². The van der Waals surface area contributed by atoms with Crippen LogP contribution in [0.5, 0.6) is 0 Å². The Labute approximate surface area is 118 Å². The van der Waals surface area contributed by atoms with Gasteiger partial charge in [0.2, 0.25) is 5.91 Å². The van der Waals surface area contributed by atoms with Gasteiger partial charge in [0.1, 0.15) is 11.5 Å². The number of hydrogen-bond donors (Lipinski definition) is 1. The Balaban J connectivity index is 2.33. The number of rotatable bonds is 4. The summed E-state index contributed by atoms with van der Waals surface area (Å²) in [6, 6.07) is 7.36. The number of nitro benzene ring substituents is 1. The summed E-state index contributed by atoms with van der Waals surface area (Å²) in [6.45, 7) is 0. The summed E-state index contributed by atoms with van der Waals surface area (Å²) in [5.74, 6) is 0.276. The van der Waals surface area contributed by atoms with Crippen LogP contribution in [0.4, 0.5) is 5.69 Å². The minimum absolute atomic E-state index is 0.0980. The predicted octanol–water partition coefficient (Wildman–Crippen LogP) is 3.01. The molecule has 1 aromatic carbocycles. The Morgan fingerprint density at radius 1 is 1.35 bits per heavy atom. The van der Waals surface area contributed by atoms with Crippen molar-refractivity contribution in [2.45, 2.75) is 0 Å². The molecule has 0 unspecified atom stereocenters. The van der Waals surface area contributed by atoms with E-state index >= 15 is 0 Å². The molecule has 20 heavy (non-hydrogen) atoms. The largest absolute Gasteiger partial charge is 0.457 e. The minimum atomic E-state index is -0.587. The van der Waals surface area contributed by atoms with E-state index < -0.39 is 10.8 Å². The summed E-state index contributed by atoms with van der Waals surface area (Å²) < 4.78 is 5.45. The van der Waals surface area contributed by atoms with Gasteiger partial charge in [-0.05, 0) is 24.3 Å². The van der Waals surface area contributed by atoms with Crippen molar-refractivity contribution in [1.82, 2.24) is 0 Å². The number of carbonyl (C=O) groups is 1. The molecule has 0 saturated heterocycles. The first kappa shape index (κ1) is 13.8. The topological polar surface area (TPSA) is 99.4 Å². The second-order valence-electron chi connectivity index (χ2n) is 3.86. The monoisotopic (exact) mass is 292 g/mol. The van der Waals surface area contributed by atoms with Crippen LogP contribution in [0.25, 0.3) is 17.4 Å². The fourth-order valence-electron chi connectivity index (χ4n) is 1.57. The first-order valence-corrected chi connectivity index (χ1v) is 5.87. The third-order valence-electron chi connectivity index (χ3n) is 2.47. The Bertz CT molecular complexity index is 706. The molecule has 0 bridgehead atoms. The van der Waals surface area contributed by atoms with E-state index in [1.54, 1.807) is 12.1 Å². The molecule has 0 fully saturated rings. The zero-order chi connectivity index (χ0) is 14.7. The lowest BCUT2D eigenvalue weighted by Crippen LogP contribution is -2.04. The molecule has 1 amide bonds. The number of furan rings is 1. The predicted molar refractivity (Wildman–Crippen MR) is 74.0 cm³/mol. The van der Waals surface area contributed by atoms with E-state index in [9.17, 15) is 14.9 Å². The smallest absolute Gasteiger partial charge is 0.270 e. The molecule has 1 aromatic heterocycles. The van der Waals surface area contributed by atoms with Crippen LogP contribution in [0.15, 0.2) is 40.8 Å². The van der Waals surface area contributed by atoms with Gasteiger partial charge in [0, 0.05) is 23.8 Å². The molecule has 2 N–H and O–H groups in total. The standard InChI is InChI=1S/C13H9ClN2O4/c14-11-7-8(16(18)19)1-4-10(11)12-5-2-9(20-12)3-6-13(15)17/h1-7H,(H2,15,17)/b6-3-. The summed E-state index contributed by atoms with van der Waals surface area (Å²) >= 11 is 5.99. The maximum atomic E-state index is 10.6. The molecule has 2 aromatic rings. The average molecular weight is 293 g/mol. The molecule has 1 heterocycles. The lowest BCUT2D eigenvalue weighted by Gasteiger charge is -2.00. The molecular formula is C13H9ClN2O4. The van der Waals surface area contributed by atoms with Gasteiger partial charge in [-0.3, -0.25) is 14.9 Å². The number of amides is 1. The first-order valence-electron chi connectivity index (χ1n) is 5.49.